The van der Waals surface area contributed by atoms with Crippen LogP contribution in [0.2, 0.25) is 0 Å². The van der Waals surface area contributed by atoms with Crippen LogP contribution in [0.5, 0.6) is 0 Å². The number of rotatable bonds is 2. The Balaban J connectivity index is 2.26. The molecule has 1 fully saturated rings. The van der Waals surface area contributed by atoms with Crippen molar-refractivity contribution in [3.05, 3.63) is 35.4 Å². The van der Waals surface area contributed by atoms with Crippen molar-refractivity contribution < 1.29 is 17.6 Å². The first-order valence-corrected chi connectivity index (χ1v) is 6.01. The second kappa shape index (κ2) is 5.26. The minimum atomic E-state index is -4.50. The third kappa shape index (κ3) is 2.83. The van der Waals surface area contributed by atoms with Crippen LogP contribution in [-0.4, -0.2) is 13.1 Å². The Morgan fingerprint density at radius 2 is 1.94 bits per heavy atom. The van der Waals surface area contributed by atoms with Crippen molar-refractivity contribution in [3.63, 3.8) is 0 Å². The van der Waals surface area contributed by atoms with Gasteiger partial charge in [0.15, 0.2) is 0 Å². The van der Waals surface area contributed by atoms with E-state index in [0.717, 1.165) is 19.0 Å². The highest BCUT2D eigenvalue weighted by Gasteiger charge is 2.37. The maximum absolute atomic E-state index is 14.3. The van der Waals surface area contributed by atoms with Gasteiger partial charge in [-0.2, -0.15) is 13.2 Å². The van der Waals surface area contributed by atoms with Crippen LogP contribution in [0.4, 0.5) is 17.6 Å². The number of piperidine rings is 1. The molecule has 1 aromatic carbocycles. The Morgan fingerprint density at radius 3 is 2.56 bits per heavy atom. The lowest BCUT2D eigenvalue weighted by Gasteiger charge is -2.27. The van der Waals surface area contributed by atoms with Crippen molar-refractivity contribution in [1.29, 1.82) is 0 Å². The molecule has 1 saturated heterocycles. The van der Waals surface area contributed by atoms with Crippen LogP contribution in [0, 0.1) is 5.92 Å². The van der Waals surface area contributed by atoms with Crippen LogP contribution in [0.25, 0.3) is 0 Å². The summed E-state index contributed by atoms with van der Waals surface area (Å²) in [6.45, 7) is 1.25. The number of nitrogens with one attached hydrogen (secondary N) is 1. The van der Waals surface area contributed by atoms with Crippen molar-refractivity contribution in [1.82, 2.24) is 5.32 Å². The molecule has 0 spiro atoms. The average molecular weight is 261 g/mol. The van der Waals surface area contributed by atoms with E-state index in [1.54, 1.807) is 0 Å². The lowest BCUT2D eigenvalue weighted by molar-refractivity contribution is -0.139. The summed E-state index contributed by atoms with van der Waals surface area (Å²) in [6.07, 6.45) is -4.63. The van der Waals surface area contributed by atoms with Crippen molar-refractivity contribution in [2.24, 2.45) is 5.92 Å². The zero-order valence-electron chi connectivity index (χ0n) is 9.80. The van der Waals surface area contributed by atoms with Crippen LogP contribution < -0.4 is 5.32 Å². The van der Waals surface area contributed by atoms with E-state index in [9.17, 15) is 17.6 Å². The number of halogens is 4. The van der Waals surface area contributed by atoms with Crippen molar-refractivity contribution in [2.75, 3.05) is 13.1 Å². The Hall–Kier alpha value is -1.10. The number of hydrogen-bond donors (Lipinski definition) is 1. The molecule has 5 heteroatoms. The van der Waals surface area contributed by atoms with Gasteiger partial charge in [0.05, 0.1) is 5.56 Å². The lowest BCUT2D eigenvalue weighted by atomic mass is 9.88. The molecule has 1 aliphatic heterocycles. The van der Waals surface area contributed by atoms with E-state index in [2.05, 4.69) is 5.32 Å². The molecule has 1 aliphatic rings. The minimum absolute atomic E-state index is 0.237. The molecule has 0 radical (unpaired) electrons. The third-order valence-corrected chi connectivity index (χ3v) is 3.31. The molecule has 0 aromatic heterocycles. The van der Waals surface area contributed by atoms with Gasteiger partial charge in [0.1, 0.15) is 6.17 Å². The van der Waals surface area contributed by atoms with Gasteiger partial charge in [-0.05, 0) is 31.0 Å². The highest BCUT2D eigenvalue weighted by Crippen LogP contribution is 2.39. The summed E-state index contributed by atoms with van der Waals surface area (Å²) < 4.78 is 52.7. The topological polar surface area (TPSA) is 12.0 Å². The second-order valence-corrected chi connectivity index (χ2v) is 4.59. The molecule has 0 amide bonds. The summed E-state index contributed by atoms with van der Waals surface area (Å²) >= 11 is 0. The predicted molar refractivity (Wildman–Crippen MR) is 60.9 cm³/mol. The van der Waals surface area contributed by atoms with Gasteiger partial charge in [-0.3, -0.25) is 0 Å². The molecule has 1 nitrogen and oxygen atoms in total. The highest BCUT2D eigenvalue weighted by atomic mass is 19.4. The van der Waals surface area contributed by atoms with E-state index in [-0.39, 0.29) is 11.5 Å². The molecule has 2 unspecified atom stereocenters. The van der Waals surface area contributed by atoms with E-state index in [1.807, 2.05) is 0 Å². The molecule has 0 aliphatic carbocycles. The van der Waals surface area contributed by atoms with Crippen LogP contribution >= 0.6 is 0 Å². The minimum Gasteiger partial charge on any atom is -0.316 e. The molecule has 1 aromatic rings. The molecule has 2 rings (SSSR count). The van der Waals surface area contributed by atoms with Gasteiger partial charge in [-0.25, -0.2) is 4.39 Å². The van der Waals surface area contributed by atoms with Crippen LogP contribution in [0.15, 0.2) is 24.3 Å². The maximum Gasteiger partial charge on any atom is 0.416 e. The molecule has 0 bridgehead atoms. The third-order valence-electron chi connectivity index (χ3n) is 3.31. The van der Waals surface area contributed by atoms with Gasteiger partial charge in [0.25, 0.3) is 0 Å². The largest absolute Gasteiger partial charge is 0.416 e. The Bertz CT molecular complexity index is 396. The van der Waals surface area contributed by atoms with E-state index in [1.165, 1.54) is 18.2 Å². The van der Waals surface area contributed by atoms with E-state index >= 15 is 0 Å². The van der Waals surface area contributed by atoms with Crippen molar-refractivity contribution in [3.8, 4) is 0 Å². The van der Waals surface area contributed by atoms with Gasteiger partial charge >= 0.3 is 6.18 Å². The fourth-order valence-corrected chi connectivity index (χ4v) is 2.38. The summed E-state index contributed by atoms with van der Waals surface area (Å²) in [6, 6.07) is 4.92. The molecule has 0 saturated carbocycles. The molecule has 1 heterocycles. The lowest BCUT2D eigenvalue weighted by Crippen LogP contribution is -2.32. The SMILES string of the molecule is FC(c1ccccc1C(F)(F)F)C1CCCNC1. The van der Waals surface area contributed by atoms with Crippen molar-refractivity contribution >= 4 is 0 Å². The normalized spacial score (nSPS) is 22.8. The molecule has 100 valence electrons. The van der Waals surface area contributed by atoms with Gasteiger partial charge < -0.3 is 5.32 Å². The van der Waals surface area contributed by atoms with Crippen molar-refractivity contribution in [2.45, 2.75) is 25.2 Å². The summed E-state index contributed by atoms with van der Waals surface area (Å²) in [5.41, 5.74) is -1.10. The fraction of sp³-hybridized carbons (Fsp3) is 0.538. The fourth-order valence-electron chi connectivity index (χ4n) is 2.38. The monoisotopic (exact) mass is 261 g/mol. The number of alkyl halides is 4. The first-order valence-electron chi connectivity index (χ1n) is 6.01. The Kier molecular flexibility index (Phi) is 3.90. The summed E-state index contributed by atoms with van der Waals surface area (Å²) in [4.78, 5) is 0. The van der Waals surface area contributed by atoms with Gasteiger partial charge in [-0.15, -0.1) is 0 Å². The van der Waals surface area contributed by atoms with E-state index in [0.29, 0.717) is 13.0 Å². The summed E-state index contributed by atoms with van der Waals surface area (Å²) in [5, 5.41) is 3.02. The molecular weight excluding hydrogens is 246 g/mol. The Labute approximate surface area is 103 Å². The second-order valence-electron chi connectivity index (χ2n) is 4.59. The van der Waals surface area contributed by atoms with Crippen LogP contribution in [-0.2, 0) is 6.18 Å². The van der Waals surface area contributed by atoms with E-state index in [4.69, 9.17) is 0 Å². The van der Waals surface area contributed by atoms with Gasteiger partial charge in [-0.1, -0.05) is 18.2 Å². The first-order chi connectivity index (χ1) is 8.50. The zero-order valence-corrected chi connectivity index (χ0v) is 9.80. The molecule has 1 N–H and O–H groups in total. The van der Waals surface area contributed by atoms with Gasteiger partial charge in [0, 0.05) is 12.5 Å². The smallest absolute Gasteiger partial charge is 0.316 e. The maximum atomic E-state index is 14.3. The Morgan fingerprint density at radius 1 is 1.22 bits per heavy atom. The molecular formula is C13H15F4N. The zero-order chi connectivity index (χ0) is 13.2. The first kappa shape index (κ1) is 13.3. The van der Waals surface area contributed by atoms with Crippen LogP contribution in [0.3, 0.4) is 0 Å². The average Bonchev–Trinajstić information content (AvgIpc) is 2.38. The predicted octanol–water partition coefficient (Wildman–Crippen LogP) is 3.72. The summed E-state index contributed by atoms with van der Waals surface area (Å²) in [7, 11) is 0. The molecule has 2 atom stereocenters. The summed E-state index contributed by atoms with van der Waals surface area (Å²) in [5.74, 6) is -0.373. The molecule has 18 heavy (non-hydrogen) atoms. The number of benzene rings is 1. The highest BCUT2D eigenvalue weighted by molar-refractivity contribution is 5.32. The number of hydrogen-bond acceptors (Lipinski definition) is 1. The van der Waals surface area contributed by atoms with Gasteiger partial charge in [0.2, 0.25) is 0 Å². The standard InChI is InChI=1S/C13H15F4N/c14-12(9-4-3-7-18-8-9)10-5-1-2-6-11(10)13(15,16)17/h1-2,5-6,9,12,18H,3-4,7-8H2. The van der Waals surface area contributed by atoms with Crippen LogP contribution in [0.1, 0.15) is 30.1 Å². The quantitative estimate of drug-likeness (QED) is 0.800. The van der Waals surface area contributed by atoms with E-state index < -0.39 is 17.9 Å².